The van der Waals surface area contributed by atoms with Crippen LogP contribution in [0.5, 0.6) is 0 Å². The average Bonchev–Trinajstić information content (AvgIpc) is 2.87. The second kappa shape index (κ2) is 9.77. The van der Waals surface area contributed by atoms with E-state index in [2.05, 4.69) is 6.92 Å². The van der Waals surface area contributed by atoms with Crippen LogP contribution in [0.4, 0.5) is 0 Å². The Labute approximate surface area is 127 Å². The molecule has 0 spiro atoms. The van der Waals surface area contributed by atoms with Gasteiger partial charge in [-0.3, -0.25) is 4.79 Å². The minimum absolute atomic E-state index is 0.0458. The first-order chi connectivity index (χ1) is 10.1. The molecule has 21 heavy (non-hydrogen) atoms. The van der Waals surface area contributed by atoms with Crippen LogP contribution in [0.15, 0.2) is 0 Å². The molecule has 1 N–H and O–H groups in total. The molecular formula is C16H29NO4. The van der Waals surface area contributed by atoms with E-state index in [1.807, 2.05) is 0 Å². The van der Waals surface area contributed by atoms with Crippen LogP contribution in [0.1, 0.15) is 64.7 Å². The smallest absolute Gasteiger partial charge is 0.328 e. The van der Waals surface area contributed by atoms with Gasteiger partial charge in [0.15, 0.2) is 0 Å². The Hall–Kier alpha value is -1.10. The molecule has 0 aromatic rings. The number of esters is 1. The highest BCUT2D eigenvalue weighted by Gasteiger charge is 2.39. The standard InChI is InChI=1S/C16H29NO4/c1-3-4-5-6-7-8-9-10-15(19)17-12-13(18)11-14(17)16(20)21-2/h13-14,18H,3-12H2,1-2H3. The molecule has 1 rings (SSSR count). The molecule has 1 heterocycles. The summed E-state index contributed by atoms with van der Waals surface area (Å²) < 4.78 is 4.70. The van der Waals surface area contributed by atoms with E-state index in [0.717, 1.165) is 19.3 Å². The summed E-state index contributed by atoms with van der Waals surface area (Å²) in [5.41, 5.74) is 0. The lowest BCUT2D eigenvalue weighted by Crippen LogP contribution is -2.41. The van der Waals surface area contributed by atoms with Crippen molar-refractivity contribution in [1.29, 1.82) is 0 Å². The van der Waals surface area contributed by atoms with E-state index in [4.69, 9.17) is 4.74 Å². The second-order valence-electron chi connectivity index (χ2n) is 5.85. The van der Waals surface area contributed by atoms with Crippen molar-refractivity contribution >= 4 is 11.9 Å². The van der Waals surface area contributed by atoms with Crippen molar-refractivity contribution in [2.24, 2.45) is 0 Å². The van der Waals surface area contributed by atoms with Crippen LogP contribution in [0.2, 0.25) is 0 Å². The molecule has 0 bridgehead atoms. The van der Waals surface area contributed by atoms with Crippen LogP contribution in [0, 0.1) is 0 Å². The van der Waals surface area contributed by atoms with E-state index in [-0.39, 0.29) is 18.9 Å². The molecule has 1 aliphatic heterocycles. The van der Waals surface area contributed by atoms with Crippen LogP contribution < -0.4 is 0 Å². The third kappa shape index (κ3) is 6.04. The Morgan fingerprint density at radius 3 is 2.38 bits per heavy atom. The first kappa shape index (κ1) is 18.0. The molecule has 1 aliphatic rings. The number of hydrogen-bond donors (Lipinski definition) is 1. The van der Waals surface area contributed by atoms with E-state index >= 15 is 0 Å². The number of nitrogens with zero attached hydrogens (tertiary/aromatic N) is 1. The van der Waals surface area contributed by atoms with Crippen molar-refractivity contribution in [1.82, 2.24) is 4.90 Å². The Morgan fingerprint density at radius 1 is 1.14 bits per heavy atom. The summed E-state index contributed by atoms with van der Waals surface area (Å²) in [7, 11) is 1.31. The van der Waals surface area contributed by atoms with E-state index in [0.29, 0.717) is 6.42 Å². The number of aliphatic hydroxyl groups is 1. The highest BCUT2D eigenvalue weighted by molar-refractivity contribution is 5.85. The lowest BCUT2D eigenvalue weighted by molar-refractivity contribution is -0.151. The van der Waals surface area contributed by atoms with Gasteiger partial charge in [-0.2, -0.15) is 0 Å². The number of likely N-dealkylation sites (tertiary alicyclic amines) is 1. The minimum atomic E-state index is -0.618. The highest BCUT2D eigenvalue weighted by Crippen LogP contribution is 2.21. The Morgan fingerprint density at radius 2 is 1.76 bits per heavy atom. The van der Waals surface area contributed by atoms with Gasteiger partial charge in [0.1, 0.15) is 6.04 Å². The molecule has 0 radical (unpaired) electrons. The number of hydrogen-bond acceptors (Lipinski definition) is 4. The number of aliphatic hydroxyl groups excluding tert-OH is 1. The molecule has 1 amide bonds. The Balaban J connectivity index is 2.25. The molecule has 0 aliphatic carbocycles. The fraction of sp³-hybridized carbons (Fsp3) is 0.875. The monoisotopic (exact) mass is 299 g/mol. The van der Waals surface area contributed by atoms with E-state index in [1.165, 1.54) is 37.7 Å². The summed E-state index contributed by atoms with van der Waals surface area (Å²) >= 11 is 0. The molecule has 0 aromatic carbocycles. The van der Waals surface area contributed by atoms with Gasteiger partial charge in [0.2, 0.25) is 5.91 Å². The molecule has 1 fully saturated rings. The number of carbonyl (C=O) groups excluding carboxylic acids is 2. The lowest BCUT2D eigenvalue weighted by atomic mass is 10.1. The van der Waals surface area contributed by atoms with Crippen molar-refractivity contribution in [3.05, 3.63) is 0 Å². The minimum Gasteiger partial charge on any atom is -0.467 e. The summed E-state index contributed by atoms with van der Waals surface area (Å²) in [6, 6.07) is -0.609. The molecule has 122 valence electrons. The highest BCUT2D eigenvalue weighted by atomic mass is 16.5. The van der Waals surface area contributed by atoms with Gasteiger partial charge in [-0.05, 0) is 6.42 Å². The molecule has 5 nitrogen and oxygen atoms in total. The molecular weight excluding hydrogens is 270 g/mol. The van der Waals surface area contributed by atoms with Crippen molar-refractivity contribution < 1.29 is 19.4 Å². The van der Waals surface area contributed by atoms with Gasteiger partial charge in [-0.1, -0.05) is 45.4 Å². The van der Waals surface area contributed by atoms with Crippen LogP contribution >= 0.6 is 0 Å². The van der Waals surface area contributed by atoms with E-state index in [9.17, 15) is 14.7 Å². The maximum absolute atomic E-state index is 12.2. The molecule has 2 atom stereocenters. The maximum Gasteiger partial charge on any atom is 0.328 e. The zero-order chi connectivity index (χ0) is 15.7. The van der Waals surface area contributed by atoms with Crippen LogP contribution in [0.3, 0.4) is 0 Å². The number of methoxy groups -OCH3 is 1. The number of rotatable bonds is 9. The number of unbranched alkanes of at least 4 members (excludes halogenated alkanes) is 6. The molecule has 0 saturated carbocycles. The summed E-state index contributed by atoms with van der Waals surface area (Å²) in [6.07, 6.45) is 8.21. The fourth-order valence-electron chi connectivity index (χ4n) is 2.83. The van der Waals surface area contributed by atoms with Crippen LogP contribution in [0.25, 0.3) is 0 Å². The van der Waals surface area contributed by atoms with Gasteiger partial charge in [0.25, 0.3) is 0 Å². The SMILES string of the molecule is CCCCCCCCCC(=O)N1CC(O)CC1C(=O)OC. The van der Waals surface area contributed by atoms with Gasteiger partial charge < -0.3 is 14.7 Å². The van der Waals surface area contributed by atoms with Gasteiger partial charge >= 0.3 is 5.97 Å². The van der Waals surface area contributed by atoms with Crippen LogP contribution in [-0.2, 0) is 14.3 Å². The third-order valence-corrected chi connectivity index (χ3v) is 4.07. The predicted molar refractivity (Wildman–Crippen MR) is 80.8 cm³/mol. The quantitative estimate of drug-likeness (QED) is 0.524. The molecule has 1 saturated heterocycles. The van der Waals surface area contributed by atoms with Gasteiger partial charge in [-0.15, -0.1) is 0 Å². The fourth-order valence-corrected chi connectivity index (χ4v) is 2.83. The van der Waals surface area contributed by atoms with Crippen molar-refractivity contribution in [2.75, 3.05) is 13.7 Å². The number of ether oxygens (including phenoxy) is 1. The number of amides is 1. The number of carbonyl (C=O) groups is 2. The van der Waals surface area contributed by atoms with Crippen molar-refractivity contribution in [3.8, 4) is 0 Å². The first-order valence-corrected chi connectivity index (χ1v) is 8.15. The van der Waals surface area contributed by atoms with Crippen molar-refractivity contribution in [3.63, 3.8) is 0 Å². The molecule has 5 heteroatoms. The first-order valence-electron chi connectivity index (χ1n) is 8.15. The Bertz CT molecular complexity index is 332. The van der Waals surface area contributed by atoms with Gasteiger partial charge in [-0.25, -0.2) is 4.79 Å². The lowest BCUT2D eigenvalue weighted by Gasteiger charge is -2.22. The maximum atomic E-state index is 12.2. The third-order valence-electron chi connectivity index (χ3n) is 4.07. The number of β-amino-alcohol motifs (C(OH)–C–C–N with tert-alkyl or cyclic N) is 1. The van der Waals surface area contributed by atoms with E-state index < -0.39 is 18.1 Å². The zero-order valence-corrected chi connectivity index (χ0v) is 13.3. The zero-order valence-electron chi connectivity index (χ0n) is 13.3. The molecule has 0 aromatic heterocycles. The van der Waals surface area contributed by atoms with E-state index in [1.54, 1.807) is 0 Å². The summed E-state index contributed by atoms with van der Waals surface area (Å²) in [4.78, 5) is 25.3. The molecule has 2 unspecified atom stereocenters. The van der Waals surface area contributed by atoms with Gasteiger partial charge in [0.05, 0.1) is 13.2 Å². The predicted octanol–water partition coefficient (Wildman–Crippen LogP) is 2.26. The Kier molecular flexibility index (Phi) is 8.35. The van der Waals surface area contributed by atoms with Crippen molar-refractivity contribution in [2.45, 2.75) is 76.9 Å². The summed E-state index contributed by atoms with van der Waals surface area (Å²) in [6.45, 7) is 2.44. The normalized spacial score (nSPS) is 21.6. The second-order valence-corrected chi connectivity index (χ2v) is 5.85. The van der Waals surface area contributed by atoms with Gasteiger partial charge in [0, 0.05) is 19.4 Å². The largest absolute Gasteiger partial charge is 0.467 e. The summed E-state index contributed by atoms with van der Waals surface area (Å²) in [5, 5.41) is 9.65. The van der Waals surface area contributed by atoms with Crippen LogP contribution in [-0.4, -0.2) is 47.7 Å². The topological polar surface area (TPSA) is 66.8 Å². The summed E-state index contributed by atoms with van der Waals surface area (Å²) in [5.74, 6) is -0.477. The average molecular weight is 299 g/mol.